The molecule has 0 spiro atoms. The Kier molecular flexibility index (Phi) is 5.40. The van der Waals surface area contributed by atoms with E-state index in [1.54, 1.807) is 0 Å². The molecule has 0 amide bonds. The van der Waals surface area contributed by atoms with E-state index in [2.05, 4.69) is 19.3 Å². The van der Waals surface area contributed by atoms with E-state index in [0.29, 0.717) is 6.04 Å². The average molecular weight is 185 g/mol. The third kappa shape index (κ3) is 5.27. The lowest BCUT2D eigenvalue weighted by atomic mass is 10.1. The third-order valence-corrected chi connectivity index (χ3v) is 2.68. The Morgan fingerprint density at radius 1 is 1.38 bits per heavy atom. The van der Waals surface area contributed by atoms with Crippen LogP contribution < -0.4 is 5.32 Å². The maximum Gasteiger partial charge on any atom is 0.0480 e. The van der Waals surface area contributed by atoms with Gasteiger partial charge in [-0.2, -0.15) is 0 Å². The van der Waals surface area contributed by atoms with Gasteiger partial charge in [-0.25, -0.2) is 0 Å². The summed E-state index contributed by atoms with van der Waals surface area (Å²) in [5, 5.41) is 3.37. The van der Waals surface area contributed by atoms with Crippen molar-refractivity contribution in [3.8, 4) is 0 Å². The molecule has 0 saturated heterocycles. The normalized spacial score (nSPS) is 18.9. The maximum atomic E-state index is 5.48. The fourth-order valence-corrected chi connectivity index (χ4v) is 1.61. The van der Waals surface area contributed by atoms with Crippen LogP contribution in [0, 0.1) is 5.92 Å². The van der Waals surface area contributed by atoms with Crippen molar-refractivity contribution >= 4 is 0 Å². The van der Waals surface area contributed by atoms with Gasteiger partial charge >= 0.3 is 0 Å². The van der Waals surface area contributed by atoms with E-state index in [4.69, 9.17) is 4.74 Å². The first-order valence-corrected chi connectivity index (χ1v) is 5.61. The van der Waals surface area contributed by atoms with E-state index in [1.165, 1.54) is 25.7 Å². The number of rotatable bonds is 8. The molecule has 1 aliphatic carbocycles. The predicted octanol–water partition coefficient (Wildman–Crippen LogP) is 2.19. The molecule has 0 aliphatic heterocycles. The second kappa shape index (κ2) is 6.39. The van der Waals surface area contributed by atoms with Crippen molar-refractivity contribution < 1.29 is 4.74 Å². The first-order chi connectivity index (χ1) is 6.36. The van der Waals surface area contributed by atoms with Crippen LogP contribution in [0.5, 0.6) is 0 Å². The molecule has 2 nitrogen and oxygen atoms in total. The zero-order valence-electron chi connectivity index (χ0n) is 9.01. The van der Waals surface area contributed by atoms with Gasteiger partial charge < -0.3 is 10.1 Å². The van der Waals surface area contributed by atoms with Gasteiger partial charge in [0.15, 0.2) is 0 Å². The first-order valence-electron chi connectivity index (χ1n) is 5.61. The smallest absolute Gasteiger partial charge is 0.0480 e. The Hall–Kier alpha value is -0.0800. The van der Waals surface area contributed by atoms with Crippen LogP contribution in [0.25, 0.3) is 0 Å². The van der Waals surface area contributed by atoms with Crippen molar-refractivity contribution in [2.24, 2.45) is 5.92 Å². The molecule has 1 rings (SSSR count). The van der Waals surface area contributed by atoms with Gasteiger partial charge in [-0.3, -0.25) is 0 Å². The van der Waals surface area contributed by atoms with Crippen LogP contribution in [-0.4, -0.2) is 26.3 Å². The molecule has 1 atom stereocenters. The Balaban J connectivity index is 1.94. The van der Waals surface area contributed by atoms with E-state index in [0.717, 1.165) is 25.6 Å². The largest absolute Gasteiger partial charge is 0.381 e. The molecule has 0 aromatic heterocycles. The molecule has 0 heterocycles. The zero-order chi connectivity index (χ0) is 9.52. The fourth-order valence-electron chi connectivity index (χ4n) is 1.61. The molecular weight excluding hydrogens is 162 g/mol. The highest BCUT2D eigenvalue weighted by molar-refractivity contribution is 4.79. The summed E-state index contributed by atoms with van der Waals surface area (Å²) in [7, 11) is 2.06. The van der Waals surface area contributed by atoms with Gasteiger partial charge in [-0.1, -0.05) is 19.8 Å². The lowest BCUT2D eigenvalue weighted by Crippen LogP contribution is -2.27. The Morgan fingerprint density at radius 2 is 2.15 bits per heavy atom. The number of hydrogen-bond donors (Lipinski definition) is 1. The van der Waals surface area contributed by atoms with E-state index in [-0.39, 0.29) is 0 Å². The Labute approximate surface area is 82.0 Å². The summed E-state index contributed by atoms with van der Waals surface area (Å²) in [4.78, 5) is 0. The molecule has 0 bridgehead atoms. The van der Waals surface area contributed by atoms with Crippen LogP contribution in [0.3, 0.4) is 0 Å². The summed E-state index contributed by atoms with van der Waals surface area (Å²) in [6, 6.07) is 0.685. The molecule has 1 saturated carbocycles. The SMILES string of the molecule is CCCOCCC(CC1CC1)NC. The topological polar surface area (TPSA) is 21.3 Å². The summed E-state index contributed by atoms with van der Waals surface area (Å²) in [6.45, 7) is 3.99. The fraction of sp³-hybridized carbons (Fsp3) is 1.00. The molecule has 78 valence electrons. The van der Waals surface area contributed by atoms with Gasteiger partial charge in [-0.15, -0.1) is 0 Å². The molecule has 1 fully saturated rings. The van der Waals surface area contributed by atoms with Crippen LogP contribution in [-0.2, 0) is 4.74 Å². The van der Waals surface area contributed by atoms with Crippen molar-refractivity contribution in [2.45, 2.75) is 45.1 Å². The number of nitrogens with one attached hydrogen (secondary N) is 1. The summed E-state index contributed by atoms with van der Waals surface area (Å²) in [5.74, 6) is 1.02. The number of ether oxygens (including phenoxy) is 1. The third-order valence-electron chi connectivity index (χ3n) is 2.68. The summed E-state index contributed by atoms with van der Waals surface area (Å²) in [6.07, 6.45) is 6.56. The van der Waals surface area contributed by atoms with Crippen LogP contribution in [0.15, 0.2) is 0 Å². The quantitative estimate of drug-likeness (QED) is 0.585. The van der Waals surface area contributed by atoms with Crippen molar-refractivity contribution in [2.75, 3.05) is 20.3 Å². The van der Waals surface area contributed by atoms with Gasteiger partial charge in [-0.05, 0) is 32.2 Å². The summed E-state index contributed by atoms with van der Waals surface area (Å²) < 4.78 is 5.48. The van der Waals surface area contributed by atoms with Crippen LogP contribution >= 0.6 is 0 Å². The zero-order valence-corrected chi connectivity index (χ0v) is 9.01. The highest BCUT2D eigenvalue weighted by Gasteiger charge is 2.24. The van der Waals surface area contributed by atoms with Crippen molar-refractivity contribution in [3.05, 3.63) is 0 Å². The molecule has 2 heteroatoms. The predicted molar refractivity (Wildman–Crippen MR) is 55.9 cm³/mol. The van der Waals surface area contributed by atoms with Crippen LogP contribution in [0.1, 0.15) is 39.0 Å². The Bertz CT molecular complexity index is 123. The van der Waals surface area contributed by atoms with Gasteiger partial charge in [0.2, 0.25) is 0 Å². The van der Waals surface area contributed by atoms with Crippen molar-refractivity contribution in [1.29, 1.82) is 0 Å². The second-order valence-electron chi connectivity index (χ2n) is 4.07. The maximum absolute atomic E-state index is 5.48. The molecule has 0 aromatic carbocycles. The van der Waals surface area contributed by atoms with E-state index < -0.39 is 0 Å². The molecule has 13 heavy (non-hydrogen) atoms. The molecule has 1 N–H and O–H groups in total. The Morgan fingerprint density at radius 3 is 2.69 bits per heavy atom. The van der Waals surface area contributed by atoms with Crippen LogP contribution in [0.2, 0.25) is 0 Å². The number of hydrogen-bond acceptors (Lipinski definition) is 2. The molecule has 0 aromatic rings. The monoisotopic (exact) mass is 185 g/mol. The molecule has 0 radical (unpaired) electrons. The molecular formula is C11H23NO. The van der Waals surface area contributed by atoms with Gasteiger partial charge in [0, 0.05) is 19.3 Å². The van der Waals surface area contributed by atoms with Gasteiger partial charge in [0.25, 0.3) is 0 Å². The van der Waals surface area contributed by atoms with Gasteiger partial charge in [0.1, 0.15) is 0 Å². The van der Waals surface area contributed by atoms with Crippen LogP contribution in [0.4, 0.5) is 0 Å². The van der Waals surface area contributed by atoms with Crippen molar-refractivity contribution in [3.63, 3.8) is 0 Å². The highest BCUT2D eigenvalue weighted by Crippen LogP contribution is 2.33. The van der Waals surface area contributed by atoms with Crippen molar-refractivity contribution in [1.82, 2.24) is 5.32 Å². The standard InChI is InChI=1S/C11H23NO/c1-3-7-13-8-6-11(12-2)9-10-4-5-10/h10-12H,3-9H2,1-2H3. The second-order valence-corrected chi connectivity index (χ2v) is 4.07. The summed E-state index contributed by atoms with van der Waals surface area (Å²) in [5.41, 5.74) is 0. The van der Waals surface area contributed by atoms with E-state index in [1.807, 2.05) is 0 Å². The van der Waals surface area contributed by atoms with Gasteiger partial charge in [0.05, 0.1) is 0 Å². The minimum atomic E-state index is 0.685. The molecule has 1 unspecified atom stereocenters. The van der Waals surface area contributed by atoms with E-state index >= 15 is 0 Å². The molecule has 1 aliphatic rings. The summed E-state index contributed by atoms with van der Waals surface area (Å²) >= 11 is 0. The van der Waals surface area contributed by atoms with E-state index in [9.17, 15) is 0 Å². The minimum absolute atomic E-state index is 0.685. The minimum Gasteiger partial charge on any atom is -0.381 e. The highest BCUT2D eigenvalue weighted by atomic mass is 16.5. The first kappa shape index (κ1) is 11.0. The lowest BCUT2D eigenvalue weighted by molar-refractivity contribution is 0.124. The average Bonchev–Trinajstić information content (AvgIpc) is 2.94. The lowest BCUT2D eigenvalue weighted by Gasteiger charge is -2.15.